The van der Waals surface area contributed by atoms with Gasteiger partial charge in [-0.2, -0.15) is 4.72 Å². The van der Waals surface area contributed by atoms with Gasteiger partial charge < -0.3 is 5.32 Å². The summed E-state index contributed by atoms with van der Waals surface area (Å²) in [6, 6.07) is 18.9. The summed E-state index contributed by atoms with van der Waals surface area (Å²) in [5.74, 6) is -0.395. The third-order valence-electron chi connectivity index (χ3n) is 4.36. The van der Waals surface area contributed by atoms with Gasteiger partial charge in [0.15, 0.2) is 0 Å². The molecule has 2 atom stereocenters. The lowest BCUT2D eigenvalue weighted by molar-refractivity contribution is -0.123. The largest absolute Gasteiger partial charge is 0.348 e. The smallest absolute Gasteiger partial charge is 0.250 e. The van der Waals surface area contributed by atoms with Crippen LogP contribution >= 0.6 is 22.9 Å². The van der Waals surface area contributed by atoms with Crippen molar-refractivity contribution in [1.82, 2.24) is 10.0 Å². The molecule has 29 heavy (non-hydrogen) atoms. The van der Waals surface area contributed by atoms with Gasteiger partial charge in [-0.15, -0.1) is 11.3 Å². The zero-order valence-electron chi connectivity index (χ0n) is 15.7. The first-order valence-electron chi connectivity index (χ1n) is 9.01. The van der Waals surface area contributed by atoms with E-state index in [0.29, 0.717) is 11.4 Å². The van der Waals surface area contributed by atoms with Crippen LogP contribution < -0.4 is 10.0 Å². The van der Waals surface area contributed by atoms with E-state index in [1.54, 1.807) is 23.6 Å². The van der Waals surface area contributed by atoms with Gasteiger partial charge in [-0.3, -0.25) is 4.79 Å². The Balaban J connectivity index is 1.74. The van der Waals surface area contributed by atoms with Crippen molar-refractivity contribution in [3.05, 3.63) is 88.3 Å². The highest BCUT2D eigenvalue weighted by Gasteiger charge is 2.25. The molecule has 0 spiro atoms. The van der Waals surface area contributed by atoms with Crippen molar-refractivity contribution in [2.24, 2.45) is 0 Å². The Hall–Kier alpha value is -2.19. The second-order valence-corrected chi connectivity index (χ2v) is 9.90. The van der Waals surface area contributed by atoms with Gasteiger partial charge in [0.05, 0.1) is 12.1 Å². The number of rotatable bonds is 8. The highest BCUT2D eigenvalue weighted by molar-refractivity contribution is 7.91. The quantitative estimate of drug-likeness (QED) is 0.543. The van der Waals surface area contributed by atoms with Crippen molar-refractivity contribution < 1.29 is 13.2 Å². The number of thiophene rings is 1. The molecule has 1 amide bonds. The van der Waals surface area contributed by atoms with E-state index in [1.807, 2.05) is 42.5 Å². The van der Waals surface area contributed by atoms with Gasteiger partial charge in [-0.05, 0) is 48.1 Å². The number of sulfonamides is 1. The fourth-order valence-electron chi connectivity index (χ4n) is 2.85. The van der Waals surface area contributed by atoms with Crippen LogP contribution in [-0.4, -0.2) is 20.4 Å². The van der Waals surface area contributed by atoms with Gasteiger partial charge in [0.1, 0.15) is 4.21 Å². The van der Waals surface area contributed by atoms with E-state index in [1.165, 1.54) is 13.0 Å². The van der Waals surface area contributed by atoms with Crippen LogP contribution in [0, 0.1) is 0 Å². The number of carbonyl (C=O) groups is 1. The Labute approximate surface area is 179 Å². The van der Waals surface area contributed by atoms with Crippen LogP contribution in [0.3, 0.4) is 0 Å². The lowest BCUT2D eigenvalue weighted by Gasteiger charge is -2.22. The molecule has 2 unspecified atom stereocenters. The predicted octanol–water partition coefficient (Wildman–Crippen LogP) is 4.17. The number of halogens is 1. The minimum absolute atomic E-state index is 0.179. The van der Waals surface area contributed by atoms with Crippen LogP contribution in [0.1, 0.15) is 24.1 Å². The Kier molecular flexibility index (Phi) is 7.08. The van der Waals surface area contributed by atoms with Gasteiger partial charge in [-0.1, -0.05) is 60.1 Å². The fraction of sp³-hybridized carbons (Fsp3) is 0.190. The minimum Gasteiger partial charge on any atom is -0.348 e. The molecular weight excluding hydrogens is 428 g/mol. The Morgan fingerprint density at radius 1 is 1.03 bits per heavy atom. The second kappa shape index (κ2) is 9.54. The third-order valence-corrected chi connectivity index (χ3v) is 7.55. The highest BCUT2D eigenvalue weighted by atomic mass is 35.5. The van der Waals surface area contributed by atoms with Crippen molar-refractivity contribution in [1.29, 1.82) is 0 Å². The summed E-state index contributed by atoms with van der Waals surface area (Å²) in [5.41, 5.74) is 1.94. The summed E-state index contributed by atoms with van der Waals surface area (Å²) in [7, 11) is -3.73. The number of benzene rings is 2. The molecule has 3 rings (SSSR count). The molecule has 0 aliphatic heterocycles. The molecule has 0 aliphatic carbocycles. The van der Waals surface area contributed by atoms with E-state index in [9.17, 15) is 13.2 Å². The number of amides is 1. The van der Waals surface area contributed by atoms with Crippen molar-refractivity contribution in [3.8, 4) is 0 Å². The van der Waals surface area contributed by atoms with Crippen LogP contribution in [0.5, 0.6) is 0 Å². The van der Waals surface area contributed by atoms with E-state index in [4.69, 9.17) is 11.6 Å². The maximum Gasteiger partial charge on any atom is 0.250 e. The zero-order chi connectivity index (χ0) is 20.9. The van der Waals surface area contributed by atoms with Crippen LogP contribution in [-0.2, 0) is 21.2 Å². The topological polar surface area (TPSA) is 75.3 Å². The number of hydrogen-bond acceptors (Lipinski definition) is 4. The molecule has 0 saturated carbocycles. The summed E-state index contributed by atoms with van der Waals surface area (Å²) in [5, 5.41) is 5.29. The molecule has 5 nitrogen and oxygen atoms in total. The van der Waals surface area contributed by atoms with Crippen molar-refractivity contribution >= 4 is 38.9 Å². The van der Waals surface area contributed by atoms with Gasteiger partial charge in [-0.25, -0.2) is 8.42 Å². The molecule has 0 saturated heterocycles. The average Bonchev–Trinajstić information content (AvgIpc) is 3.25. The predicted molar refractivity (Wildman–Crippen MR) is 117 cm³/mol. The van der Waals surface area contributed by atoms with E-state index in [-0.39, 0.29) is 10.3 Å². The molecule has 0 radical (unpaired) electrons. The molecule has 2 N–H and O–H groups in total. The summed E-state index contributed by atoms with van der Waals surface area (Å²) in [6.45, 7) is 1.53. The first-order chi connectivity index (χ1) is 13.8. The number of hydrogen-bond donors (Lipinski definition) is 2. The van der Waals surface area contributed by atoms with Gasteiger partial charge >= 0.3 is 0 Å². The van der Waals surface area contributed by atoms with Crippen LogP contribution in [0.15, 0.2) is 76.3 Å². The van der Waals surface area contributed by atoms with Gasteiger partial charge in [0.2, 0.25) is 5.91 Å². The minimum atomic E-state index is -3.73. The summed E-state index contributed by atoms with van der Waals surface area (Å²) in [4.78, 5) is 12.8. The van der Waals surface area contributed by atoms with Crippen molar-refractivity contribution in [2.75, 3.05) is 0 Å². The van der Waals surface area contributed by atoms with Crippen molar-refractivity contribution in [2.45, 2.75) is 29.6 Å². The van der Waals surface area contributed by atoms with Gasteiger partial charge in [0, 0.05) is 5.02 Å². The SMILES string of the molecule is CC(NS(=O)(=O)c1cccs1)C(=O)NC(Cc1ccc(Cl)cc1)c1ccccc1. The maximum absolute atomic E-state index is 12.8. The lowest BCUT2D eigenvalue weighted by atomic mass is 9.98. The van der Waals surface area contributed by atoms with E-state index in [0.717, 1.165) is 22.5 Å². The second-order valence-electron chi connectivity index (χ2n) is 6.58. The summed E-state index contributed by atoms with van der Waals surface area (Å²) >= 11 is 7.07. The molecule has 8 heteroatoms. The highest BCUT2D eigenvalue weighted by Crippen LogP contribution is 2.21. The summed E-state index contributed by atoms with van der Waals surface area (Å²) < 4.78 is 27.4. The number of nitrogens with one attached hydrogen (secondary N) is 2. The molecule has 0 fully saturated rings. The molecular formula is C21H21ClN2O3S2. The molecule has 1 aromatic heterocycles. The molecule has 0 aliphatic rings. The number of carbonyl (C=O) groups excluding carboxylic acids is 1. The fourth-order valence-corrected chi connectivity index (χ4v) is 5.19. The monoisotopic (exact) mass is 448 g/mol. The van der Waals surface area contributed by atoms with E-state index < -0.39 is 22.0 Å². The molecule has 152 valence electrons. The van der Waals surface area contributed by atoms with Crippen molar-refractivity contribution in [3.63, 3.8) is 0 Å². The van der Waals surface area contributed by atoms with Crippen LogP contribution in [0.2, 0.25) is 5.02 Å². The molecule has 3 aromatic rings. The molecule has 0 bridgehead atoms. The standard InChI is InChI=1S/C21H21ClN2O3S2/c1-15(24-29(26,27)20-8-5-13-28-20)21(25)23-19(17-6-3-2-4-7-17)14-16-9-11-18(22)12-10-16/h2-13,15,19,24H,14H2,1H3,(H,23,25). The first-order valence-corrected chi connectivity index (χ1v) is 11.7. The summed E-state index contributed by atoms with van der Waals surface area (Å²) in [6.07, 6.45) is 0.553. The Bertz CT molecular complexity index is 1040. The maximum atomic E-state index is 12.8. The third kappa shape index (κ3) is 5.90. The van der Waals surface area contributed by atoms with E-state index >= 15 is 0 Å². The Morgan fingerprint density at radius 3 is 2.34 bits per heavy atom. The molecule has 2 aromatic carbocycles. The zero-order valence-corrected chi connectivity index (χ0v) is 18.1. The van der Waals surface area contributed by atoms with E-state index in [2.05, 4.69) is 10.0 Å². The van der Waals surface area contributed by atoms with Gasteiger partial charge in [0.25, 0.3) is 10.0 Å². The van der Waals surface area contributed by atoms with Crippen LogP contribution in [0.25, 0.3) is 0 Å². The normalized spacial score (nSPS) is 13.6. The Morgan fingerprint density at radius 2 is 1.72 bits per heavy atom. The first kappa shape index (κ1) is 21.5. The van der Waals surface area contributed by atoms with Crippen LogP contribution in [0.4, 0.5) is 0 Å². The molecule has 1 heterocycles. The lowest BCUT2D eigenvalue weighted by Crippen LogP contribution is -2.46. The average molecular weight is 449 g/mol.